The van der Waals surface area contributed by atoms with E-state index in [9.17, 15) is 10.1 Å². The molecule has 0 atom stereocenters. The molecule has 1 heterocycles. The Morgan fingerprint density at radius 2 is 2.22 bits per heavy atom. The quantitative estimate of drug-likeness (QED) is 0.682. The van der Waals surface area contributed by atoms with Gasteiger partial charge in [-0.3, -0.25) is 10.1 Å². The van der Waals surface area contributed by atoms with Gasteiger partial charge in [0.1, 0.15) is 5.69 Å². The number of nitrogens with one attached hydrogen (secondary N) is 1. The number of nitro groups is 1. The van der Waals surface area contributed by atoms with E-state index in [2.05, 4.69) is 5.32 Å². The van der Waals surface area contributed by atoms with Crippen molar-refractivity contribution < 1.29 is 4.92 Å². The highest BCUT2D eigenvalue weighted by atomic mass is 35.5. The zero-order chi connectivity index (χ0) is 13.1. The second-order valence-electron chi connectivity index (χ2n) is 3.96. The lowest BCUT2D eigenvalue weighted by Gasteiger charge is -2.06. The van der Waals surface area contributed by atoms with Gasteiger partial charge in [-0.2, -0.15) is 0 Å². The van der Waals surface area contributed by atoms with Crippen LogP contribution in [0.5, 0.6) is 0 Å². The van der Waals surface area contributed by atoms with Gasteiger partial charge in [0.05, 0.1) is 4.92 Å². The Bertz CT molecular complexity index is 580. The van der Waals surface area contributed by atoms with Crippen LogP contribution in [-0.2, 0) is 13.6 Å². The van der Waals surface area contributed by atoms with Gasteiger partial charge in [0, 0.05) is 37.1 Å². The van der Waals surface area contributed by atoms with Crippen LogP contribution >= 0.6 is 11.6 Å². The fourth-order valence-electron chi connectivity index (χ4n) is 1.67. The molecule has 2 rings (SSSR count). The van der Waals surface area contributed by atoms with Crippen LogP contribution < -0.4 is 5.32 Å². The van der Waals surface area contributed by atoms with Crippen molar-refractivity contribution in [2.24, 2.45) is 7.05 Å². The molecule has 0 aliphatic carbocycles. The average molecular weight is 266 g/mol. The van der Waals surface area contributed by atoms with Gasteiger partial charge in [-0.05, 0) is 23.8 Å². The minimum absolute atomic E-state index is 0.0235. The third-order valence-corrected chi connectivity index (χ3v) is 2.77. The van der Waals surface area contributed by atoms with Crippen molar-refractivity contribution in [2.45, 2.75) is 6.54 Å². The lowest BCUT2D eigenvalue weighted by Crippen LogP contribution is -2.02. The lowest BCUT2D eigenvalue weighted by molar-refractivity contribution is -0.384. The van der Waals surface area contributed by atoms with Crippen molar-refractivity contribution in [1.82, 2.24) is 4.57 Å². The fourth-order valence-corrected chi connectivity index (χ4v) is 1.84. The van der Waals surface area contributed by atoms with Gasteiger partial charge in [-0.1, -0.05) is 11.6 Å². The van der Waals surface area contributed by atoms with Crippen LogP contribution in [0.3, 0.4) is 0 Å². The molecule has 0 aliphatic rings. The normalized spacial score (nSPS) is 10.3. The van der Waals surface area contributed by atoms with E-state index in [1.54, 1.807) is 6.07 Å². The van der Waals surface area contributed by atoms with E-state index < -0.39 is 4.92 Å². The number of aryl methyl sites for hydroxylation is 1. The lowest BCUT2D eigenvalue weighted by atomic mass is 10.2. The van der Waals surface area contributed by atoms with Gasteiger partial charge in [-0.15, -0.1) is 0 Å². The Morgan fingerprint density at radius 3 is 2.83 bits per heavy atom. The van der Waals surface area contributed by atoms with Crippen LogP contribution in [0.25, 0.3) is 0 Å². The summed E-state index contributed by atoms with van der Waals surface area (Å²) in [6, 6.07) is 6.41. The van der Waals surface area contributed by atoms with E-state index in [1.165, 1.54) is 12.1 Å². The molecule has 0 aliphatic heterocycles. The molecule has 0 radical (unpaired) electrons. The largest absolute Gasteiger partial charge is 0.375 e. The number of rotatable bonds is 4. The number of aromatic nitrogens is 1. The molecule has 0 amide bonds. The van der Waals surface area contributed by atoms with Crippen LogP contribution in [0, 0.1) is 10.1 Å². The molecular formula is C12H12ClN3O2. The summed E-state index contributed by atoms with van der Waals surface area (Å²) in [5.74, 6) is 0. The number of nitrogens with zero attached hydrogens (tertiary/aromatic N) is 2. The van der Waals surface area contributed by atoms with E-state index in [-0.39, 0.29) is 5.69 Å². The van der Waals surface area contributed by atoms with E-state index in [1.807, 2.05) is 30.1 Å². The molecule has 94 valence electrons. The monoisotopic (exact) mass is 265 g/mol. The first-order valence-electron chi connectivity index (χ1n) is 5.35. The Morgan fingerprint density at radius 1 is 1.44 bits per heavy atom. The molecule has 1 aromatic carbocycles. The minimum Gasteiger partial charge on any atom is -0.375 e. The molecule has 0 bridgehead atoms. The molecule has 18 heavy (non-hydrogen) atoms. The molecule has 1 aromatic heterocycles. The Labute approximate surface area is 109 Å². The fraction of sp³-hybridized carbons (Fsp3) is 0.167. The zero-order valence-corrected chi connectivity index (χ0v) is 10.5. The van der Waals surface area contributed by atoms with Gasteiger partial charge in [-0.25, -0.2) is 0 Å². The number of benzene rings is 1. The zero-order valence-electron chi connectivity index (χ0n) is 9.76. The van der Waals surface area contributed by atoms with Crippen molar-refractivity contribution in [3.63, 3.8) is 0 Å². The summed E-state index contributed by atoms with van der Waals surface area (Å²) >= 11 is 5.84. The molecule has 5 nitrogen and oxygen atoms in total. The van der Waals surface area contributed by atoms with Gasteiger partial charge in [0.25, 0.3) is 5.69 Å². The molecule has 0 saturated carbocycles. The molecular weight excluding hydrogens is 254 g/mol. The van der Waals surface area contributed by atoms with E-state index >= 15 is 0 Å². The van der Waals surface area contributed by atoms with E-state index in [4.69, 9.17) is 11.6 Å². The standard InChI is InChI=1S/C12H12ClN3O2/c1-15-5-4-9(8-15)7-14-11-6-10(13)2-3-12(11)16(17)18/h2-6,8,14H,7H2,1H3. The first kappa shape index (κ1) is 12.4. The number of hydrogen-bond donors (Lipinski definition) is 1. The molecule has 0 saturated heterocycles. The van der Waals surface area contributed by atoms with Gasteiger partial charge in [0.2, 0.25) is 0 Å². The first-order chi connectivity index (χ1) is 8.56. The Balaban J connectivity index is 2.17. The second-order valence-corrected chi connectivity index (χ2v) is 4.39. The second kappa shape index (κ2) is 5.10. The smallest absolute Gasteiger partial charge is 0.292 e. The van der Waals surface area contributed by atoms with Gasteiger partial charge >= 0.3 is 0 Å². The van der Waals surface area contributed by atoms with Crippen LogP contribution in [0.4, 0.5) is 11.4 Å². The van der Waals surface area contributed by atoms with E-state index in [0.29, 0.717) is 17.3 Å². The molecule has 1 N–H and O–H groups in total. The summed E-state index contributed by atoms with van der Waals surface area (Å²) in [5.41, 5.74) is 1.50. The van der Waals surface area contributed by atoms with Crippen LogP contribution in [0.2, 0.25) is 5.02 Å². The van der Waals surface area contributed by atoms with Crippen molar-refractivity contribution in [3.05, 3.63) is 57.4 Å². The average Bonchev–Trinajstić information content (AvgIpc) is 2.72. The summed E-state index contributed by atoms with van der Waals surface area (Å²) in [6.07, 6.45) is 3.87. The maximum Gasteiger partial charge on any atom is 0.292 e. The first-order valence-corrected chi connectivity index (χ1v) is 5.73. The maximum atomic E-state index is 10.9. The summed E-state index contributed by atoms with van der Waals surface area (Å²) in [4.78, 5) is 10.4. The number of halogens is 1. The predicted molar refractivity (Wildman–Crippen MR) is 70.8 cm³/mol. The van der Waals surface area contributed by atoms with Crippen molar-refractivity contribution in [1.29, 1.82) is 0 Å². The topological polar surface area (TPSA) is 60.1 Å². The highest BCUT2D eigenvalue weighted by Gasteiger charge is 2.13. The van der Waals surface area contributed by atoms with Crippen LogP contribution in [-0.4, -0.2) is 9.49 Å². The molecule has 0 fully saturated rings. The van der Waals surface area contributed by atoms with Gasteiger partial charge < -0.3 is 9.88 Å². The van der Waals surface area contributed by atoms with Crippen molar-refractivity contribution in [2.75, 3.05) is 5.32 Å². The highest BCUT2D eigenvalue weighted by molar-refractivity contribution is 6.31. The van der Waals surface area contributed by atoms with Crippen molar-refractivity contribution >= 4 is 23.0 Å². The number of nitro benzene ring substituents is 1. The van der Waals surface area contributed by atoms with Crippen LogP contribution in [0.1, 0.15) is 5.56 Å². The third-order valence-electron chi connectivity index (χ3n) is 2.53. The van der Waals surface area contributed by atoms with Crippen LogP contribution in [0.15, 0.2) is 36.7 Å². The molecule has 6 heteroatoms. The Hall–Kier alpha value is -2.01. The van der Waals surface area contributed by atoms with Crippen molar-refractivity contribution in [3.8, 4) is 0 Å². The number of anilines is 1. The summed E-state index contributed by atoms with van der Waals surface area (Å²) in [7, 11) is 1.92. The summed E-state index contributed by atoms with van der Waals surface area (Å²) < 4.78 is 1.92. The summed E-state index contributed by atoms with van der Waals surface area (Å²) in [6.45, 7) is 0.516. The Kier molecular flexibility index (Phi) is 3.53. The van der Waals surface area contributed by atoms with Gasteiger partial charge in [0.15, 0.2) is 0 Å². The summed E-state index contributed by atoms with van der Waals surface area (Å²) in [5, 5.41) is 14.4. The number of hydrogen-bond acceptors (Lipinski definition) is 3. The highest BCUT2D eigenvalue weighted by Crippen LogP contribution is 2.27. The molecule has 2 aromatic rings. The minimum atomic E-state index is -0.427. The third kappa shape index (κ3) is 2.81. The SMILES string of the molecule is Cn1ccc(CNc2cc(Cl)ccc2[N+](=O)[O-])c1. The van der Waals surface area contributed by atoms with E-state index in [0.717, 1.165) is 5.56 Å². The maximum absolute atomic E-state index is 10.9. The molecule has 0 unspecified atom stereocenters. The predicted octanol–water partition coefficient (Wildman–Crippen LogP) is 3.20. The molecule has 0 spiro atoms.